The molecule has 2 fully saturated rings. The fourth-order valence-electron chi connectivity index (χ4n) is 6.59. The summed E-state index contributed by atoms with van der Waals surface area (Å²) in [4.78, 5) is 18.4. The van der Waals surface area contributed by atoms with Crippen molar-refractivity contribution in [2.45, 2.75) is 52.1 Å². The highest BCUT2D eigenvalue weighted by Gasteiger charge is 2.60. The number of aryl methyl sites for hydroxylation is 2. The van der Waals surface area contributed by atoms with Crippen LogP contribution < -0.4 is 9.47 Å². The van der Waals surface area contributed by atoms with Crippen molar-refractivity contribution < 1.29 is 27.8 Å². The molecule has 0 N–H and O–H groups in total. The molecular weight excluding hydrogens is 526 g/mol. The third-order valence-corrected chi connectivity index (χ3v) is 8.45. The molecule has 2 aromatic carbocycles. The number of hydrogen-bond acceptors (Lipinski definition) is 6. The normalized spacial score (nSPS) is 21.9. The number of pyridine rings is 1. The number of ether oxygens (including phenoxy) is 3. The number of halogens is 2. The summed E-state index contributed by atoms with van der Waals surface area (Å²) >= 11 is 0. The van der Waals surface area contributed by atoms with Gasteiger partial charge in [0.05, 0.1) is 32.2 Å². The quantitative estimate of drug-likeness (QED) is 0.208. The van der Waals surface area contributed by atoms with Crippen molar-refractivity contribution in [2.75, 3.05) is 32.8 Å². The first-order valence-electron chi connectivity index (χ1n) is 14.4. The van der Waals surface area contributed by atoms with Crippen molar-refractivity contribution in [1.82, 2.24) is 9.88 Å². The van der Waals surface area contributed by atoms with Crippen molar-refractivity contribution in [3.63, 3.8) is 0 Å². The molecule has 41 heavy (non-hydrogen) atoms. The van der Waals surface area contributed by atoms with Gasteiger partial charge in [-0.05, 0) is 96.7 Å². The summed E-state index contributed by atoms with van der Waals surface area (Å²) < 4.78 is 43.2. The van der Waals surface area contributed by atoms with E-state index in [0.29, 0.717) is 44.6 Å². The predicted octanol–water partition coefficient (Wildman–Crippen LogP) is 6.11. The fraction of sp³-hybridized carbons (Fsp3) is 0.455. The van der Waals surface area contributed by atoms with Crippen LogP contribution in [-0.2, 0) is 22.6 Å². The summed E-state index contributed by atoms with van der Waals surface area (Å²) in [6.45, 7) is 7.64. The number of aromatic nitrogens is 1. The molecule has 2 heterocycles. The lowest BCUT2D eigenvalue weighted by Gasteiger charge is -2.38. The van der Waals surface area contributed by atoms with E-state index in [9.17, 15) is 13.6 Å². The molecule has 6 nitrogen and oxygen atoms in total. The Morgan fingerprint density at radius 3 is 2.61 bits per heavy atom. The number of esters is 1. The molecule has 3 aliphatic rings. The molecule has 1 saturated carbocycles. The Morgan fingerprint density at radius 2 is 1.88 bits per heavy atom. The summed E-state index contributed by atoms with van der Waals surface area (Å²) in [6.07, 6.45) is 3.45. The minimum absolute atomic E-state index is 0.0141. The van der Waals surface area contributed by atoms with E-state index in [1.54, 1.807) is 4.90 Å². The number of carbonyl (C=O) groups excluding carboxylic acids is 1. The zero-order valence-electron chi connectivity index (χ0n) is 23.8. The molecule has 2 aliphatic carbocycles. The van der Waals surface area contributed by atoms with Crippen molar-refractivity contribution >= 4 is 5.97 Å². The van der Waals surface area contributed by atoms with E-state index in [2.05, 4.69) is 31.0 Å². The number of rotatable bonds is 11. The van der Waals surface area contributed by atoms with Gasteiger partial charge in [0.25, 0.3) is 5.92 Å². The molecule has 3 unspecified atom stereocenters. The third-order valence-electron chi connectivity index (χ3n) is 8.45. The molecule has 1 aliphatic heterocycles. The topological polar surface area (TPSA) is 60.9 Å². The lowest BCUT2D eigenvalue weighted by molar-refractivity contribution is -0.145. The van der Waals surface area contributed by atoms with Crippen molar-refractivity contribution in [3.05, 3.63) is 76.5 Å². The molecule has 0 amide bonds. The Bertz CT molecular complexity index is 1430. The lowest BCUT2D eigenvalue weighted by atomic mass is 9.94. The standard InChI is InChI=1S/C33H36F2N2O4/c1-4-39-32(38)31-26-14-24-15-28(36-16-27(24)30(26)31)41-17-22-7-5-8-23(13-22)29-20(2)11-25(12-21(29)3)40-10-6-9-37-18-33(34,35)19-37/h5,7-8,11-13,15-16,26,30-31H,4,6,9-10,14,17-19H2,1-3H3. The van der Waals surface area contributed by atoms with Crippen LogP contribution in [0.3, 0.4) is 0 Å². The van der Waals surface area contributed by atoms with Crippen LogP contribution in [0.2, 0.25) is 0 Å². The number of fused-ring (bicyclic) bond motifs is 3. The number of alkyl halides is 2. The predicted molar refractivity (Wildman–Crippen MR) is 151 cm³/mol. The number of benzene rings is 2. The van der Waals surface area contributed by atoms with Crippen LogP contribution in [0, 0.1) is 25.7 Å². The van der Waals surface area contributed by atoms with Gasteiger partial charge in [-0.2, -0.15) is 0 Å². The molecule has 216 valence electrons. The summed E-state index contributed by atoms with van der Waals surface area (Å²) in [5.41, 5.74) is 7.91. The molecule has 3 aromatic rings. The monoisotopic (exact) mass is 562 g/mol. The van der Waals surface area contributed by atoms with Crippen LogP contribution in [0.5, 0.6) is 11.6 Å². The molecular formula is C33H36F2N2O4. The smallest absolute Gasteiger partial charge is 0.309 e. The van der Waals surface area contributed by atoms with Gasteiger partial charge in [-0.25, -0.2) is 13.8 Å². The second kappa shape index (κ2) is 11.0. The minimum Gasteiger partial charge on any atom is -0.494 e. The fourth-order valence-corrected chi connectivity index (χ4v) is 6.59. The van der Waals surface area contributed by atoms with Crippen LogP contribution in [-0.4, -0.2) is 54.6 Å². The molecule has 0 bridgehead atoms. The summed E-state index contributed by atoms with van der Waals surface area (Å²) in [5, 5.41) is 0. The Kier molecular flexibility index (Phi) is 7.45. The molecule has 1 aromatic heterocycles. The highest BCUT2D eigenvalue weighted by Crippen LogP contribution is 2.61. The van der Waals surface area contributed by atoms with Gasteiger partial charge in [0.15, 0.2) is 0 Å². The van der Waals surface area contributed by atoms with Gasteiger partial charge < -0.3 is 14.2 Å². The van der Waals surface area contributed by atoms with Gasteiger partial charge in [-0.15, -0.1) is 0 Å². The molecule has 6 rings (SSSR count). The molecule has 0 spiro atoms. The lowest BCUT2D eigenvalue weighted by Crippen LogP contribution is -2.56. The molecule has 0 radical (unpaired) electrons. The maximum atomic E-state index is 13.0. The molecule has 8 heteroatoms. The minimum atomic E-state index is -2.52. The van der Waals surface area contributed by atoms with Crippen LogP contribution in [0.1, 0.15) is 47.1 Å². The number of carbonyl (C=O) groups is 1. The van der Waals surface area contributed by atoms with Gasteiger partial charge >= 0.3 is 5.97 Å². The average molecular weight is 563 g/mol. The van der Waals surface area contributed by atoms with Crippen LogP contribution in [0.25, 0.3) is 11.1 Å². The van der Waals surface area contributed by atoms with Crippen LogP contribution in [0.15, 0.2) is 48.7 Å². The van der Waals surface area contributed by atoms with E-state index in [1.807, 2.05) is 43.5 Å². The number of likely N-dealkylation sites (tertiary alicyclic amines) is 1. The van der Waals surface area contributed by atoms with E-state index in [1.165, 1.54) is 5.56 Å². The highest BCUT2D eigenvalue weighted by molar-refractivity contribution is 5.79. The third kappa shape index (κ3) is 5.80. The van der Waals surface area contributed by atoms with Crippen LogP contribution in [0.4, 0.5) is 8.78 Å². The maximum absolute atomic E-state index is 13.0. The van der Waals surface area contributed by atoms with Crippen LogP contribution >= 0.6 is 0 Å². The summed E-state index contributed by atoms with van der Waals surface area (Å²) in [5.74, 6) is -0.652. The molecule has 1 saturated heterocycles. The number of hydrogen-bond donors (Lipinski definition) is 0. The Balaban J connectivity index is 1.05. The van der Waals surface area contributed by atoms with Crippen molar-refractivity contribution in [2.24, 2.45) is 11.8 Å². The summed E-state index contributed by atoms with van der Waals surface area (Å²) in [6, 6.07) is 14.4. The largest absolute Gasteiger partial charge is 0.494 e. The van der Waals surface area contributed by atoms with E-state index in [-0.39, 0.29) is 30.9 Å². The Morgan fingerprint density at radius 1 is 1.10 bits per heavy atom. The van der Waals surface area contributed by atoms with E-state index >= 15 is 0 Å². The second-order valence-electron chi connectivity index (χ2n) is 11.6. The highest BCUT2D eigenvalue weighted by atomic mass is 19.3. The van der Waals surface area contributed by atoms with Gasteiger partial charge in [0.1, 0.15) is 12.4 Å². The average Bonchev–Trinajstić information content (AvgIpc) is 3.50. The first-order chi connectivity index (χ1) is 19.7. The van der Waals surface area contributed by atoms with Gasteiger partial charge in [-0.1, -0.05) is 18.2 Å². The van der Waals surface area contributed by atoms with Gasteiger partial charge in [0.2, 0.25) is 5.88 Å². The van der Waals surface area contributed by atoms with Crippen molar-refractivity contribution in [3.8, 4) is 22.8 Å². The summed E-state index contributed by atoms with van der Waals surface area (Å²) in [7, 11) is 0. The van der Waals surface area contributed by atoms with E-state index < -0.39 is 5.92 Å². The Hall–Kier alpha value is -3.52. The SMILES string of the molecule is CCOC(=O)C1C2Cc3cc(OCc4cccc(-c5c(C)cc(OCCCN6CC(F)(F)C6)cc5C)c4)ncc3C21. The Labute approximate surface area is 239 Å². The number of nitrogens with zero attached hydrogens (tertiary/aromatic N) is 2. The zero-order valence-corrected chi connectivity index (χ0v) is 23.8. The molecule has 3 atom stereocenters. The van der Waals surface area contributed by atoms with Crippen molar-refractivity contribution in [1.29, 1.82) is 0 Å². The first kappa shape index (κ1) is 27.6. The van der Waals surface area contributed by atoms with Gasteiger partial charge in [0, 0.05) is 24.7 Å². The zero-order chi connectivity index (χ0) is 28.7. The first-order valence-corrected chi connectivity index (χ1v) is 14.4. The van der Waals surface area contributed by atoms with E-state index in [4.69, 9.17) is 14.2 Å². The maximum Gasteiger partial charge on any atom is 0.309 e. The van der Waals surface area contributed by atoms with Gasteiger partial charge in [-0.3, -0.25) is 9.69 Å². The second-order valence-corrected chi connectivity index (χ2v) is 11.6. The van der Waals surface area contributed by atoms with E-state index in [0.717, 1.165) is 45.6 Å².